The fourth-order valence-corrected chi connectivity index (χ4v) is 5.10. The van der Waals surface area contributed by atoms with Crippen LogP contribution < -0.4 is 0 Å². The number of halogens is 1. The van der Waals surface area contributed by atoms with Crippen molar-refractivity contribution >= 4 is 11.8 Å². The Morgan fingerprint density at radius 1 is 0.879 bits per heavy atom. The molecule has 2 heterocycles. The normalized spacial score (nSPS) is 19.9. The zero-order chi connectivity index (χ0) is 23.4. The molecule has 0 N–H and O–H groups in total. The lowest BCUT2D eigenvalue weighted by Gasteiger charge is -2.35. The van der Waals surface area contributed by atoms with Gasteiger partial charge in [0.25, 0.3) is 5.91 Å². The predicted octanol–water partition coefficient (Wildman–Crippen LogP) is 4.03. The lowest BCUT2D eigenvalue weighted by Crippen LogP contribution is -2.47. The zero-order valence-corrected chi connectivity index (χ0v) is 19.7. The molecule has 0 bridgehead atoms. The van der Waals surface area contributed by atoms with Crippen molar-refractivity contribution in [3.05, 3.63) is 70.5 Å². The van der Waals surface area contributed by atoms with E-state index in [-0.39, 0.29) is 23.5 Å². The first-order valence-electron chi connectivity index (χ1n) is 12.0. The Hall–Kier alpha value is -2.73. The molecule has 0 spiro atoms. The van der Waals surface area contributed by atoms with E-state index in [1.165, 1.54) is 12.1 Å². The number of carbonyl (C=O) groups excluding carboxylic acids is 2. The standard InChI is InChI=1S/C27H34FN3O2/c1-20-15-21(2)17-24(16-20)27(33)31-11-3-5-23(19-31)26(32)30-12-4-10-29(13-14-30)18-22-6-8-25(28)9-7-22/h6-9,15-17,23H,3-5,10-14,18-19H2,1-2H3. The van der Waals surface area contributed by atoms with Crippen molar-refractivity contribution in [1.29, 1.82) is 0 Å². The van der Waals surface area contributed by atoms with Gasteiger partial charge in [-0.15, -0.1) is 0 Å². The van der Waals surface area contributed by atoms with Gasteiger partial charge in [0, 0.05) is 51.4 Å². The summed E-state index contributed by atoms with van der Waals surface area (Å²) < 4.78 is 13.2. The number of amides is 2. The third-order valence-electron chi connectivity index (χ3n) is 6.75. The maximum absolute atomic E-state index is 13.3. The summed E-state index contributed by atoms with van der Waals surface area (Å²) in [4.78, 5) is 32.6. The fourth-order valence-electron chi connectivity index (χ4n) is 5.10. The molecule has 4 rings (SSSR count). The molecule has 2 amide bonds. The predicted molar refractivity (Wildman–Crippen MR) is 127 cm³/mol. The van der Waals surface area contributed by atoms with Gasteiger partial charge >= 0.3 is 0 Å². The van der Waals surface area contributed by atoms with Crippen molar-refractivity contribution in [2.45, 2.75) is 39.7 Å². The van der Waals surface area contributed by atoms with Gasteiger partial charge in [0.2, 0.25) is 5.91 Å². The molecule has 2 fully saturated rings. The average molecular weight is 452 g/mol. The molecule has 5 nitrogen and oxygen atoms in total. The second-order valence-corrected chi connectivity index (χ2v) is 9.55. The minimum Gasteiger partial charge on any atom is -0.341 e. The van der Waals surface area contributed by atoms with Gasteiger partial charge in [0.15, 0.2) is 0 Å². The highest BCUT2D eigenvalue weighted by molar-refractivity contribution is 5.95. The van der Waals surface area contributed by atoms with E-state index in [1.54, 1.807) is 0 Å². The van der Waals surface area contributed by atoms with Crippen LogP contribution in [0.3, 0.4) is 0 Å². The van der Waals surface area contributed by atoms with Crippen molar-refractivity contribution < 1.29 is 14.0 Å². The number of aryl methyl sites for hydroxylation is 2. The molecule has 1 unspecified atom stereocenters. The molecule has 0 saturated carbocycles. The van der Waals surface area contributed by atoms with Crippen LogP contribution in [0.15, 0.2) is 42.5 Å². The largest absolute Gasteiger partial charge is 0.341 e. The maximum atomic E-state index is 13.3. The first-order valence-corrected chi connectivity index (χ1v) is 12.0. The number of carbonyl (C=O) groups is 2. The number of hydrogen-bond donors (Lipinski definition) is 0. The van der Waals surface area contributed by atoms with Crippen LogP contribution in [0.1, 0.15) is 46.3 Å². The molecule has 2 aromatic carbocycles. The Labute approximate surface area is 196 Å². The molecule has 1 atom stereocenters. The molecule has 2 aromatic rings. The van der Waals surface area contributed by atoms with E-state index in [0.29, 0.717) is 25.2 Å². The summed E-state index contributed by atoms with van der Waals surface area (Å²) >= 11 is 0. The minimum absolute atomic E-state index is 0.0284. The lowest BCUT2D eigenvalue weighted by atomic mass is 9.95. The number of piperidine rings is 1. The van der Waals surface area contributed by atoms with Gasteiger partial charge < -0.3 is 9.80 Å². The van der Waals surface area contributed by atoms with Gasteiger partial charge in [-0.25, -0.2) is 4.39 Å². The van der Waals surface area contributed by atoms with Gasteiger partial charge in [0.1, 0.15) is 5.82 Å². The Morgan fingerprint density at radius 3 is 2.30 bits per heavy atom. The third-order valence-corrected chi connectivity index (χ3v) is 6.75. The molecule has 0 radical (unpaired) electrons. The Morgan fingerprint density at radius 2 is 1.58 bits per heavy atom. The van der Waals surface area contributed by atoms with Gasteiger partial charge in [-0.3, -0.25) is 14.5 Å². The summed E-state index contributed by atoms with van der Waals surface area (Å²) in [5.41, 5.74) is 3.96. The molecule has 176 valence electrons. The summed E-state index contributed by atoms with van der Waals surface area (Å²) in [6.45, 7) is 9.16. The Kier molecular flexibility index (Phi) is 7.43. The highest BCUT2D eigenvalue weighted by Gasteiger charge is 2.32. The molecule has 2 saturated heterocycles. The summed E-state index contributed by atoms with van der Waals surface area (Å²) in [5, 5.41) is 0. The van der Waals surface area contributed by atoms with E-state index in [4.69, 9.17) is 0 Å². The van der Waals surface area contributed by atoms with Crippen LogP contribution in [-0.2, 0) is 11.3 Å². The molecule has 33 heavy (non-hydrogen) atoms. The van der Waals surface area contributed by atoms with Crippen molar-refractivity contribution in [1.82, 2.24) is 14.7 Å². The highest BCUT2D eigenvalue weighted by atomic mass is 19.1. The van der Waals surface area contributed by atoms with E-state index >= 15 is 0 Å². The number of benzene rings is 2. The van der Waals surface area contributed by atoms with Crippen LogP contribution in [0.2, 0.25) is 0 Å². The minimum atomic E-state index is -0.219. The lowest BCUT2D eigenvalue weighted by molar-refractivity contribution is -0.136. The highest BCUT2D eigenvalue weighted by Crippen LogP contribution is 2.22. The zero-order valence-electron chi connectivity index (χ0n) is 19.7. The monoisotopic (exact) mass is 451 g/mol. The molecular weight excluding hydrogens is 417 g/mol. The second kappa shape index (κ2) is 10.5. The van der Waals surface area contributed by atoms with E-state index in [2.05, 4.69) is 11.0 Å². The smallest absolute Gasteiger partial charge is 0.253 e. The number of likely N-dealkylation sites (tertiary alicyclic amines) is 1. The van der Waals surface area contributed by atoms with Crippen LogP contribution in [-0.4, -0.2) is 65.8 Å². The second-order valence-electron chi connectivity index (χ2n) is 9.55. The molecule has 6 heteroatoms. The van der Waals surface area contributed by atoms with Gasteiger partial charge in [-0.05, 0) is 62.9 Å². The van der Waals surface area contributed by atoms with Gasteiger partial charge in [-0.2, -0.15) is 0 Å². The van der Waals surface area contributed by atoms with E-state index in [0.717, 1.165) is 62.1 Å². The number of nitrogens with zero attached hydrogens (tertiary/aromatic N) is 3. The molecule has 2 aliphatic rings. The van der Waals surface area contributed by atoms with E-state index < -0.39 is 0 Å². The molecule has 0 aromatic heterocycles. The summed E-state index contributed by atoms with van der Waals surface area (Å²) in [6.07, 6.45) is 2.62. The van der Waals surface area contributed by atoms with E-state index in [9.17, 15) is 14.0 Å². The van der Waals surface area contributed by atoms with Crippen LogP contribution >= 0.6 is 0 Å². The molecule has 0 aliphatic carbocycles. The molecular formula is C27H34FN3O2. The van der Waals surface area contributed by atoms with Crippen LogP contribution in [0.25, 0.3) is 0 Å². The fraction of sp³-hybridized carbons (Fsp3) is 0.481. The Balaban J connectivity index is 1.34. The maximum Gasteiger partial charge on any atom is 0.253 e. The topological polar surface area (TPSA) is 43.9 Å². The number of rotatable bonds is 4. The number of hydrogen-bond acceptors (Lipinski definition) is 3. The van der Waals surface area contributed by atoms with Crippen LogP contribution in [0.5, 0.6) is 0 Å². The van der Waals surface area contributed by atoms with Crippen LogP contribution in [0, 0.1) is 25.6 Å². The van der Waals surface area contributed by atoms with Crippen molar-refractivity contribution in [2.75, 3.05) is 39.3 Å². The Bertz CT molecular complexity index is 971. The van der Waals surface area contributed by atoms with Gasteiger partial charge in [0.05, 0.1) is 5.92 Å². The summed E-state index contributed by atoms with van der Waals surface area (Å²) in [5.74, 6) is -0.140. The average Bonchev–Trinajstić information content (AvgIpc) is 3.04. The summed E-state index contributed by atoms with van der Waals surface area (Å²) in [7, 11) is 0. The molecule has 2 aliphatic heterocycles. The SMILES string of the molecule is Cc1cc(C)cc(C(=O)N2CCCC(C(=O)N3CCCN(Cc4ccc(F)cc4)CC3)C2)c1. The van der Waals surface area contributed by atoms with Crippen molar-refractivity contribution in [2.24, 2.45) is 5.92 Å². The quantitative estimate of drug-likeness (QED) is 0.705. The van der Waals surface area contributed by atoms with Crippen molar-refractivity contribution in [3.63, 3.8) is 0 Å². The first-order chi connectivity index (χ1) is 15.9. The van der Waals surface area contributed by atoms with E-state index in [1.807, 2.05) is 47.9 Å². The van der Waals surface area contributed by atoms with Gasteiger partial charge in [-0.1, -0.05) is 29.3 Å². The third kappa shape index (κ3) is 5.99. The summed E-state index contributed by atoms with van der Waals surface area (Å²) in [6, 6.07) is 12.6. The van der Waals surface area contributed by atoms with Crippen molar-refractivity contribution in [3.8, 4) is 0 Å². The van der Waals surface area contributed by atoms with Crippen LogP contribution in [0.4, 0.5) is 4.39 Å². The first kappa shape index (κ1) is 23.4.